The molecule has 1 aromatic carbocycles. The highest BCUT2D eigenvalue weighted by molar-refractivity contribution is 5.81. The molecule has 1 amide bonds. The predicted molar refractivity (Wildman–Crippen MR) is 99.6 cm³/mol. The minimum atomic E-state index is -0.391. The first-order valence-corrected chi connectivity index (χ1v) is 9.48. The standard InChI is InChI=1S/C20H30N2O4/c1-4-5-16(21)19(23)22-9-7-20(8-10-22)15-13-18(25-3)17(24-2)12-14(15)6-11-26-20/h12-13,16H,4-11,21H2,1-3H3/t16-/m0/s1. The molecule has 6 nitrogen and oxygen atoms in total. The molecule has 1 spiro atoms. The van der Waals surface area contributed by atoms with Crippen LogP contribution in [0.3, 0.4) is 0 Å². The Kier molecular flexibility index (Phi) is 5.73. The van der Waals surface area contributed by atoms with Gasteiger partial charge >= 0.3 is 0 Å². The molecule has 2 aliphatic heterocycles. The molecule has 1 aromatic rings. The molecule has 0 bridgehead atoms. The monoisotopic (exact) mass is 362 g/mol. The molecule has 1 atom stereocenters. The molecule has 0 aromatic heterocycles. The summed E-state index contributed by atoms with van der Waals surface area (Å²) in [5.74, 6) is 1.53. The van der Waals surface area contributed by atoms with Crippen molar-refractivity contribution in [1.82, 2.24) is 4.90 Å². The highest BCUT2D eigenvalue weighted by Crippen LogP contribution is 2.45. The second-order valence-corrected chi connectivity index (χ2v) is 7.18. The number of hydrogen-bond acceptors (Lipinski definition) is 5. The third-order valence-corrected chi connectivity index (χ3v) is 5.65. The van der Waals surface area contributed by atoms with Crippen molar-refractivity contribution in [1.29, 1.82) is 0 Å². The van der Waals surface area contributed by atoms with Gasteiger partial charge in [0.1, 0.15) is 0 Å². The van der Waals surface area contributed by atoms with E-state index in [0.717, 1.165) is 43.6 Å². The average molecular weight is 362 g/mol. The third-order valence-electron chi connectivity index (χ3n) is 5.65. The Hall–Kier alpha value is -1.79. The molecule has 0 unspecified atom stereocenters. The topological polar surface area (TPSA) is 74.0 Å². The van der Waals surface area contributed by atoms with Gasteiger partial charge in [0, 0.05) is 13.1 Å². The number of methoxy groups -OCH3 is 2. The number of fused-ring (bicyclic) bond motifs is 2. The maximum atomic E-state index is 12.5. The number of amides is 1. The van der Waals surface area contributed by atoms with Crippen molar-refractivity contribution in [2.45, 2.75) is 50.7 Å². The molecular weight excluding hydrogens is 332 g/mol. The molecule has 2 N–H and O–H groups in total. The first kappa shape index (κ1) is 19.0. The summed E-state index contributed by atoms with van der Waals surface area (Å²) >= 11 is 0. The largest absolute Gasteiger partial charge is 0.493 e. The van der Waals surface area contributed by atoms with Gasteiger partial charge in [-0.2, -0.15) is 0 Å². The molecule has 6 heteroatoms. The van der Waals surface area contributed by atoms with Crippen molar-refractivity contribution in [2.24, 2.45) is 5.73 Å². The van der Waals surface area contributed by atoms with Crippen LogP contribution >= 0.6 is 0 Å². The van der Waals surface area contributed by atoms with E-state index in [0.29, 0.717) is 19.7 Å². The molecule has 3 rings (SSSR count). The van der Waals surface area contributed by atoms with Gasteiger partial charge in [-0.25, -0.2) is 0 Å². The molecule has 0 saturated carbocycles. The van der Waals surface area contributed by atoms with Gasteiger partial charge in [-0.05, 0) is 48.9 Å². The maximum Gasteiger partial charge on any atom is 0.239 e. The van der Waals surface area contributed by atoms with Gasteiger partial charge < -0.3 is 24.8 Å². The van der Waals surface area contributed by atoms with Crippen LogP contribution in [0, 0.1) is 0 Å². The lowest BCUT2D eigenvalue weighted by Crippen LogP contribution is -2.52. The van der Waals surface area contributed by atoms with Crippen LogP contribution in [0.25, 0.3) is 0 Å². The van der Waals surface area contributed by atoms with Crippen LogP contribution in [-0.2, 0) is 21.6 Å². The number of carbonyl (C=O) groups excluding carboxylic acids is 1. The molecule has 2 aliphatic rings. The van der Waals surface area contributed by atoms with Crippen LogP contribution in [-0.4, -0.2) is 50.8 Å². The number of hydrogen-bond donors (Lipinski definition) is 1. The van der Waals surface area contributed by atoms with E-state index >= 15 is 0 Å². The highest BCUT2D eigenvalue weighted by atomic mass is 16.5. The van der Waals surface area contributed by atoms with Crippen LogP contribution < -0.4 is 15.2 Å². The zero-order chi connectivity index (χ0) is 18.7. The number of ether oxygens (including phenoxy) is 3. The van der Waals surface area contributed by atoms with Gasteiger partial charge in [-0.3, -0.25) is 4.79 Å². The number of nitrogens with two attached hydrogens (primary N) is 1. The van der Waals surface area contributed by atoms with Gasteiger partial charge in [0.2, 0.25) is 5.91 Å². The number of nitrogens with zero attached hydrogens (tertiary/aromatic N) is 1. The van der Waals surface area contributed by atoms with Crippen molar-refractivity contribution in [3.63, 3.8) is 0 Å². The Labute approximate surface area is 155 Å². The van der Waals surface area contributed by atoms with Crippen LogP contribution in [0.4, 0.5) is 0 Å². The van der Waals surface area contributed by atoms with E-state index in [4.69, 9.17) is 19.9 Å². The first-order chi connectivity index (χ1) is 12.5. The molecule has 144 valence electrons. The summed E-state index contributed by atoms with van der Waals surface area (Å²) in [6.45, 7) is 4.08. The van der Waals surface area contributed by atoms with E-state index in [-0.39, 0.29) is 11.5 Å². The molecule has 1 fully saturated rings. The van der Waals surface area contributed by atoms with Crippen molar-refractivity contribution in [3.05, 3.63) is 23.3 Å². The Morgan fingerprint density at radius 3 is 2.54 bits per heavy atom. The van der Waals surface area contributed by atoms with E-state index in [2.05, 4.69) is 6.07 Å². The van der Waals surface area contributed by atoms with Crippen molar-refractivity contribution in [3.8, 4) is 11.5 Å². The van der Waals surface area contributed by atoms with E-state index < -0.39 is 6.04 Å². The van der Waals surface area contributed by atoms with Gasteiger partial charge in [0.25, 0.3) is 0 Å². The summed E-state index contributed by atoms with van der Waals surface area (Å²) in [4.78, 5) is 14.4. The fraction of sp³-hybridized carbons (Fsp3) is 0.650. The molecule has 0 radical (unpaired) electrons. The number of benzene rings is 1. The van der Waals surface area contributed by atoms with Crippen LogP contribution in [0.1, 0.15) is 43.7 Å². The molecule has 0 aliphatic carbocycles. The average Bonchev–Trinajstić information content (AvgIpc) is 2.67. The Bertz CT molecular complexity index is 653. The smallest absolute Gasteiger partial charge is 0.239 e. The summed E-state index contributed by atoms with van der Waals surface area (Å²) in [6.07, 6.45) is 4.07. The Balaban J connectivity index is 1.81. The van der Waals surface area contributed by atoms with Gasteiger partial charge in [0.05, 0.1) is 32.5 Å². The molecular formula is C20H30N2O4. The normalized spacial score (nSPS) is 19.8. The summed E-state index contributed by atoms with van der Waals surface area (Å²) in [5.41, 5.74) is 8.09. The van der Waals surface area contributed by atoms with Crippen LogP contribution in [0.2, 0.25) is 0 Å². The van der Waals surface area contributed by atoms with Gasteiger partial charge in [-0.1, -0.05) is 13.3 Å². The molecule has 2 heterocycles. The minimum absolute atomic E-state index is 0.0602. The summed E-state index contributed by atoms with van der Waals surface area (Å²) in [6, 6.07) is 3.72. The first-order valence-electron chi connectivity index (χ1n) is 9.48. The minimum Gasteiger partial charge on any atom is -0.493 e. The quantitative estimate of drug-likeness (QED) is 0.869. The number of carbonyl (C=O) groups is 1. The van der Waals surface area contributed by atoms with Gasteiger partial charge in [0.15, 0.2) is 11.5 Å². The van der Waals surface area contributed by atoms with Crippen molar-refractivity contribution in [2.75, 3.05) is 33.9 Å². The van der Waals surface area contributed by atoms with Crippen LogP contribution in [0.15, 0.2) is 12.1 Å². The lowest BCUT2D eigenvalue weighted by Gasteiger charge is -2.45. The summed E-state index contributed by atoms with van der Waals surface area (Å²) in [7, 11) is 3.31. The van der Waals surface area contributed by atoms with Crippen molar-refractivity contribution >= 4 is 5.91 Å². The third kappa shape index (κ3) is 3.40. The fourth-order valence-electron chi connectivity index (χ4n) is 4.16. The number of likely N-dealkylation sites (tertiary alicyclic amines) is 1. The highest BCUT2D eigenvalue weighted by Gasteiger charge is 2.42. The SMILES string of the molecule is CCC[C@H](N)C(=O)N1CCC2(CC1)OCCc1cc(OC)c(OC)cc12. The Morgan fingerprint density at radius 1 is 1.27 bits per heavy atom. The van der Waals surface area contributed by atoms with Crippen molar-refractivity contribution < 1.29 is 19.0 Å². The zero-order valence-corrected chi connectivity index (χ0v) is 16.0. The van der Waals surface area contributed by atoms with E-state index in [1.54, 1.807) is 14.2 Å². The van der Waals surface area contributed by atoms with E-state index in [1.807, 2.05) is 17.9 Å². The number of rotatable bonds is 5. The lowest BCUT2D eigenvalue weighted by atomic mass is 9.79. The second-order valence-electron chi connectivity index (χ2n) is 7.18. The predicted octanol–water partition coefficient (Wildman–Crippen LogP) is 2.22. The second kappa shape index (κ2) is 7.84. The van der Waals surface area contributed by atoms with Crippen LogP contribution in [0.5, 0.6) is 11.5 Å². The Morgan fingerprint density at radius 2 is 1.92 bits per heavy atom. The zero-order valence-electron chi connectivity index (χ0n) is 16.0. The lowest BCUT2D eigenvalue weighted by molar-refractivity contribution is -0.142. The van der Waals surface area contributed by atoms with E-state index in [1.165, 1.54) is 11.1 Å². The summed E-state index contributed by atoms with van der Waals surface area (Å²) < 4.78 is 17.2. The molecule has 26 heavy (non-hydrogen) atoms. The fourth-order valence-corrected chi connectivity index (χ4v) is 4.16. The van der Waals surface area contributed by atoms with E-state index in [9.17, 15) is 4.79 Å². The maximum absolute atomic E-state index is 12.5. The van der Waals surface area contributed by atoms with Gasteiger partial charge in [-0.15, -0.1) is 0 Å². The summed E-state index contributed by atoms with van der Waals surface area (Å²) in [5, 5.41) is 0. The number of piperidine rings is 1. The molecule has 1 saturated heterocycles.